The quantitative estimate of drug-likeness (QED) is 0.767. The Balaban J connectivity index is 1.57. The first-order chi connectivity index (χ1) is 15.6. The van der Waals surface area contributed by atoms with Crippen molar-refractivity contribution in [2.45, 2.75) is 38.4 Å². The fraction of sp³-hybridized carbons (Fsp3) is 0.500. The standard InChI is InChI=1S/C26H34FN3O3/c1-26(2,3)18-5-8-20(9-6-18)30-15-16-33-24(25(30)32)23(31)21-10-7-19(27)17-22(21)29-13-11-28(4)12-14-29/h5-10,17,23-24,31H,11-16H2,1-4H3. The number of aliphatic hydroxyl groups is 1. The van der Waals surface area contributed by atoms with Crippen LogP contribution in [-0.4, -0.2) is 68.4 Å². The number of amides is 1. The Kier molecular flexibility index (Phi) is 6.75. The third-order valence-corrected chi connectivity index (χ3v) is 6.61. The minimum absolute atomic E-state index is 0.0223. The molecule has 2 aromatic carbocycles. The summed E-state index contributed by atoms with van der Waals surface area (Å²) in [4.78, 5) is 19.3. The Hall–Kier alpha value is -2.48. The number of carbonyl (C=O) groups is 1. The molecule has 6 nitrogen and oxygen atoms in total. The van der Waals surface area contributed by atoms with Crippen LogP contribution in [0.2, 0.25) is 0 Å². The summed E-state index contributed by atoms with van der Waals surface area (Å²) in [5.74, 6) is -0.651. The van der Waals surface area contributed by atoms with Crippen molar-refractivity contribution >= 4 is 17.3 Å². The number of piperazine rings is 1. The van der Waals surface area contributed by atoms with E-state index in [1.54, 1.807) is 11.0 Å². The zero-order chi connectivity index (χ0) is 23.8. The largest absolute Gasteiger partial charge is 0.385 e. The van der Waals surface area contributed by atoms with E-state index < -0.39 is 12.2 Å². The van der Waals surface area contributed by atoms with E-state index in [1.807, 2.05) is 24.3 Å². The number of likely N-dealkylation sites (N-methyl/N-ethyl adjacent to an activating group) is 1. The summed E-state index contributed by atoms with van der Waals surface area (Å²) >= 11 is 0. The van der Waals surface area contributed by atoms with Crippen molar-refractivity contribution in [3.63, 3.8) is 0 Å². The molecule has 0 spiro atoms. The lowest BCUT2D eigenvalue weighted by molar-refractivity contribution is -0.143. The van der Waals surface area contributed by atoms with Crippen molar-refractivity contribution in [2.24, 2.45) is 0 Å². The van der Waals surface area contributed by atoms with Crippen LogP contribution in [0.1, 0.15) is 38.0 Å². The van der Waals surface area contributed by atoms with Crippen molar-refractivity contribution in [1.82, 2.24) is 4.90 Å². The summed E-state index contributed by atoms with van der Waals surface area (Å²) in [6, 6.07) is 12.3. The summed E-state index contributed by atoms with van der Waals surface area (Å²) in [7, 11) is 2.05. The topological polar surface area (TPSA) is 56.2 Å². The molecule has 2 aliphatic heterocycles. The molecule has 2 unspecified atom stereocenters. The van der Waals surface area contributed by atoms with E-state index in [-0.39, 0.29) is 17.1 Å². The Morgan fingerprint density at radius 3 is 2.33 bits per heavy atom. The molecule has 2 aliphatic rings. The second kappa shape index (κ2) is 9.41. The van der Waals surface area contributed by atoms with Crippen LogP contribution in [0, 0.1) is 5.82 Å². The van der Waals surface area contributed by atoms with Gasteiger partial charge in [0.2, 0.25) is 0 Å². The first kappa shape index (κ1) is 23.7. The van der Waals surface area contributed by atoms with E-state index in [0.29, 0.717) is 24.4 Å². The second-order valence-corrected chi connectivity index (χ2v) is 10.0. The number of carbonyl (C=O) groups excluding carboxylic acids is 1. The van der Waals surface area contributed by atoms with Crippen molar-refractivity contribution in [2.75, 3.05) is 56.2 Å². The van der Waals surface area contributed by atoms with Crippen molar-refractivity contribution < 1.29 is 19.0 Å². The zero-order valence-electron chi connectivity index (χ0n) is 19.9. The van der Waals surface area contributed by atoms with Crippen LogP contribution in [0.5, 0.6) is 0 Å². The Labute approximate surface area is 195 Å². The lowest BCUT2D eigenvalue weighted by atomic mass is 9.87. The maximum absolute atomic E-state index is 14.1. The van der Waals surface area contributed by atoms with E-state index >= 15 is 0 Å². The lowest BCUT2D eigenvalue weighted by Gasteiger charge is -2.38. The normalized spacial score (nSPS) is 21.4. The van der Waals surface area contributed by atoms with Gasteiger partial charge in [0.1, 0.15) is 11.9 Å². The fourth-order valence-electron chi connectivity index (χ4n) is 4.48. The van der Waals surface area contributed by atoms with Gasteiger partial charge in [0.15, 0.2) is 6.10 Å². The van der Waals surface area contributed by atoms with E-state index in [1.165, 1.54) is 17.7 Å². The van der Waals surface area contributed by atoms with Gasteiger partial charge in [-0.1, -0.05) is 39.0 Å². The number of nitrogens with zero attached hydrogens (tertiary/aromatic N) is 3. The average Bonchev–Trinajstić information content (AvgIpc) is 2.79. The maximum Gasteiger partial charge on any atom is 0.259 e. The van der Waals surface area contributed by atoms with Gasteiger partial charge in [-0.05, 0) is 42.3 Å². The Morgan fingerprint density at radius 1 is 1.03 bits per heavy atom. The molecular weight excluding hydrogens is 421 g/mol. The third-order valence-electron chi connectivity index (χ3n) is 6.61. The predicted octanol–water partition coefficient (Wildman–Crippen LogP) is 3.34. The highest BCUT2D eigenvalue weighted by Gasteiger charge is 2.38. The molecule has 2 saturated heterocycles. The number of benzene rings is 2. The van der Waals surface area contributed by atoms with Gasteiger partial charge in [-0.2, -0.15) is 0 Å². The second-order valence-electron chi connectivity index (χ2n) is 10.0. The number of ether oxygens (including phenoxy) is 1. The van der Waals surface area contributed by atoms with E-state index in [0.717, 1.165) is 31.9 Å². The number of morpholine rings is 1. The minimum Gasteiger partial charge on any atom is -0.385 e. The number of halogens is 1. The zero-order valence-corrected chi connectivity index (χ0v) is 19.9. The molecule has 2 atom stereocenters. The van der Waals surface area contributed by atoms with Gasteiger partial charge in [0.05, 0.1) is 6.61 Å². The summed E-state index contributed by atoms with van der Waals surface area (Å²) in [5, 5.41) is 11.3. The van der Waals surface area contributed by atoms with Gasteiger partial charge in [0.25, 0.3) is 5.91 Å². The molecule has 2 fully saturated rings. The highest BCUT2D eigenvalue weighted by molar-refractivity contribution is 5.97. The molecule has 0 radical (unpaired) electrons. The predicted molar refractivity (Wildman–Crippen MR) is 128 cm³/mol. The molecule has 4 rings (SSSR count). The first-order valence-corrected chi connectivity index (χ1v) is 11.6. The molecule has 178 valence electrons. The molecule has 2 aromatic rings. The SMILES string of the molecule is CN1CCN(c2cc(F)ccc2C(O)C2OCCN(c3ccc(C(C)(C)C)cc3)C2=O)CC1. The van der Waals surface area contributed by atoms with E-state index in [2.05, 4.69) is 37.6 Å². The van der Waals surface area contributed by atoms with Crippen molar-refractivity contribution in [3.8, 4) is 0 Å². The van der Waals surface area contributed by atoms with Gasteiger partial charge in [0, 0.05) is 49.7 Å². The number of hydrogen-bond acceptors (Lipinski definition) is 5. The van der Waals surface area contributed by atoms with E-state index in [4.69, 9.17) is 4.74 Å². The first-order valence-electron chi connectivity index (χ1n) is 11.6. The summed E-state index contributed by atoms with van der Waals surface area (Å²) in [5.41, 5.74) is 3.13. The van der Waals surface area contributed by atoms with Crippen LogP contribution < -0.4 is 9.80 Å². The maximum atomic E-state index is 14.1. The van der Waals surface area contributed by atoms with Crippen molar-refractivity contribution in [3.05, 3.63) is 59.4 Å². The number of rotatable bonds is 4. The molecule has 1 amide bonds. The summed E-state index contributed by atoms with van der Waals surface area (Å²) < 4.78 is 19.9. The third kappa shape index (κ3) is 5.05. The van der Waals surface area contributed by atoms with Gasteiger partial charge in [-0.15, -0.1) is 0 Å². The van der Waals surface area contributed by atoms with Crippen LogP contribution in [0.15, 0.2) is 42.5 Å². The summed E-state index contributed by atoms with van der Waals surface area (Å²) in [6.45, 7) is 10.3. The molecule has 33 heavy (non-hydrogen) atoms. The number of anilines is 2. The smallest absolute Gasteiger partial charge is 0.259 e. The molecule has 0 aliphatic carbocycles. The highest BCUT2D eigenvalue weighted by atomic mass is 19.1. The molecule has 0 saturated carbocycles. The van der Waals surface area contributed by atoms with Crippen molar-refractivity contribution in [1.29, 1.82) is 0 Å². The highest BCUT2D eigenvalue weighted by Crippen LogP contribution is 2.34. The summed E-state index contributed by atoms with van der Waals surface area (Å²) in [6.07, 6.45) is -2.23. The minimum atomic E-state index is -1.19. The number of aliphatic hydroxyl groups excluding tert-OH is 1. The average molecular weight is 456 g/mol. The molecule has 0 aromatic heterocycles. The van der Waals surface area contributed by atoms with Crippen LogP contribution >= 0.6 is 0 Å². The molecular formula is C26H34FN3O3. The van der Waals surface area contributed by atoms with Crippen LogP contribution in [-0.2, 0) is 14.9 Å². The van der Waals surface area contributed by atoms with Gasteiger partial charge in [-0.3, -0.25) is 4.79 Å². The van der Waals surface area contributed by atoms with Gasteiger partial charge in [-0.25, -0.2) is 4.39 Å². The van der Waals surface area contributed by atoms with E-state index in [9.17, 15) is 14.3 Å². The Bertz CT molecular complexity index is 981. The lowest BCUT2D eigenvalue weighted by Crippen LogP contribution is -2.50. The molecule has 1 N–H and O–H groups in total. The van der Waals surface area contributed by atoms with Gasteiger partial charge < -0.3 is 24.5 Å². The molecule has 0 bridgehead atoms. The van der Waals surface area contributed by atoms with Gasteiger partial charge >= 0.3 is 0 Å². The van der Waals surface area contributed by atoms with Crippen LogP contribution in [0.25, 0.3) is 0 Å². The van der Waals surface area contributed by atoms with Crippen LogP contribution in [0.4, 0.5) is 15.8 Å². The number of hydrogen-bond donors (Lipinski definition) is 1. The molecule has 2 heterocycles. The molecule has 7 heteroatoms. The Morgan fingerprint density at radius 2 is 1.70 bits per heavy atom. The fourth-order valence-corrected chi connectivity index (χ4v) is 4.48. The van der Waals surface area contributed by atoms with Crippen LogP contribution in [0.3, 0.4) is 0 Å². The monoisotopic (exact) mass is 455 g/mol.